The van der Waals surface area contributed by atoms with E-state index in [1.807, 2.05) is 26.0 Å². The molecule has 0 saturated carbocycles. The van der Waals surface area contributed by atoms with Gasteiger partial charge in [-0.05, 0) is 48.3 Å². The van der Waals surface area contributed by atoms with Gasteiger partial charge in [-0.25, -0.2) is 8.42 Å². The molecule has 2 atom stereocenters. The second-order valence-corrected chi connectivity index (χ2v) is 8.97. The Morgan fingerprint density at radius 1 is 1.08 bits per heavy atom. The molecule has 1 aromatic carbocycles. The van der Waals surface area contributed by atoms with Gasteiger partial charge in [0.1, 0.15) is 0 Å². The van der Waals surface area contributed by atoms with Crippen molar-refractivity contribution in [3.63, 3.8) is 0 Å². The van der Waals surface area contributed by atoms with Crippen molar-refractivity contribution >= 4 is 15.9 Å². The zero-order valence-corrected chi connectivity index (χ0v) is 16.2. The Balaban J connectivity index is 1.99. The summed E-state index contributed by atoms with van der Waals surface area (Å²) in [5.74, 6) is 0.272. The van der Waals surface area contributed by atoms with E-state index in [-0.39, 0.29) is 17.9 Å². The van der Waals surface area contributed by atoms with Crippen molar-refractivity contribution in [1.82, 2.24) is 9.62 Å². The number of carbonyl (C=O) groups is 1. The Hall–Kier alpha value is -1.40. The maximum atomic E-state index is 13.4. The van der Waals surface area contributed by atoms with Crippen molar-refractivity contribution in [2.24, 2.45) is 5.92 Å². The number of nitrogens with zero attached hydrogens (tertiary/aromatic N) is 1. The fourth-order valence-electron chi connectivity index (χ4n) is 4.10. The van der Waals surface area contributed by atoms with Gasteiger partial charge in [0.05, 0.1) is 4.90 Å². The van der Waals surface area contributed by atoms with E-state index in [1.165, 1.54) is 5.56 Å². The Morgan fingerprint density at radius 3 is 2.28 bits per heavy atom. The Kier molecular flexibility index (Phi) is 5.21. The first kappa shape index (κ1) is 18.4. The van der Waals surface area contributed by atoms with Gasteiger partial charge in [-0.15, -0.1) is 0 Å². The third kappa shape index (κ3) is 3.34. The van der Waals surface area contributed by atoms with E-state index < -0.39 is 10.0 Å². The van der Waals surface area contributed by atoms with Gasteiger partial charge in [0.25, 0.3) is 0 Å². The van der Waals surface area contributed by atoms with Crippen LogP contribution < -0.4 is 5.32 Å². The Labute approximate surface area is 150 Å². The highest BCUT2D eigenvalue weighted by Gasteiger charge is 2.42. The lowest BCUT2D eigenvalue weighted by molar-refractivity contribution is -0.123. The highest BCUT2D eigenvalue weighted by atomic mass is 32.2. The largest absolute Gasteiger partial charge is 0.352 e. The number of rotatable bonds is 5. The summed E-state index contributed by atoms with van der Waals surface area (Å²) in [5.41, 5.74) is 3.01. The van der Waals surface area contributed by atoms with Gasteiger partial charge in [-0.3, -0.25) is 4.79 Å². The molecule has 0 bridgehead atoms. The first-order valence-electron chi connectivity index (χ1n) is 9.34. The van der Waals surface area contributed by atoms with Crippen molar-refractivity contribution in [2.75, 3.05) is 13.1 Å². The average Bonchev–Trinajstić information content (AvgIpc) is 3.04. The van der Waals surface area contributed by atoms with Crippen molar-refractivity contribution in [1.29, 1.82) is 0 Å². The predicted octanol–water partition coefficient (Wildman–Crippen LogP) is 2.27. The maximum Gasteiger partial charge on any atom is 0.243 e. The molecule has 1 amide bonds. The minimum atomic E-state index is -3.54. The smallest absolute Gasteiger partial charge is 0.243 e. The van der Waals surface area contributed by atoms with E-state index in [2.05, 4.69) is 12.2 Å². The van der Waals surface area contributed by atoms with Gasteiger partial charge in [0, 0.05) is 25.6 Å². The minimum absolute atomic E-state index is 0.0382. The van der Waals surface area contributed by atoms with Crippen LogP contribution in [-0.4, -0.2) is 37.8 Å². The molecule has 0 spiro atoms. The van der Waals surface area contributed by atoms with Crippen LogP contribution in [0.4, 0.5) is 0 Å². The molecule has 2 aliphatic heterocycles. The summed E-state index contributed by atoms with van der Waals surface area (Å²) < 4.78 is 28.5. The number of amides is 1. The van der Waals surface area contributed by atoms with E-state index in [1.54, 1.807) is 4.31 Å². The summed E-state index contributed by atoms with van der Waals surface area (Å²) in [7, 11) is -3.54. The van der Waals surface area contributed by atoms with E-state index in [0.29, 0.717) is 37.2 Å². The zero-order valence-electron chi connectivity index (χ0n) is 15.3. The molecule has 0 aromatic heterocycles. The number of hydrogen-bond acceptors (Lipinski definition) is 3. The van der Waals surface area contributed by atoms with Crippen molar-refractivity contribution in [3.8, 4) is 0 Å². The van der Waals surface area contributed by atoms with Crippen LogP contribution >= 0.6 is 0 Å². The second kappa shape index (κ2) is 7.08. The summed E-state index contributed by atoms with van der Waals surface area (Å²) in [5, 5.41) is 2.96. The molecule has 2 fully saturated rings. The highest BCUT2D eigenvalue weighted by Crippen LogP contribution is 2.33. The third-order valence-corrected chi connectivity index (χ3v) is 7.58. The molecule has 2 unspecified atom stereocenters. The predicted molar refractivity (Wildman–Crippen MR) is 98.0 cm³/mol. The summed E-state index contributed by atoms with van der Waals surface area (Å²) >= 11 is 0. The highest BCUT2D eigenvalue weighted by molar-refractivity contribution is 7.89. The van der Waals surface area contributed by atoms with Gasteiger partial charge in [0.2, 0.25) is 15.9 Å². The average molecular weight is 365 g/mol. The van der Waals surface area contributed by atoms with Crippen LogP contribution in [0.25, 0.3) is 0 Å². The van der Waals surface area contributed by atoms with E-state index in [0.717, 1.165) is 24.0 Å². The van der Waals surface area contributed by atoms with Gasteiger partial charge in [-0.1, -0.05) is 32.9 Å². The lowest BCUT2D eigenvalue weighted by Crippen LogP contribution is -2.44. The minimum Gasteiger partial charge on any atom is -0.352 e. The number of aryl methyl sites for hydroxylation is 3. The van der Waals surface area contributed by atoms with E-state index in [9.17, 15) is 13.2 Å². The first-order valence-corrected chi connectivity index (χ1v) is 10.8. The molecule has 138 valence electrons. The zero-order chi connectivity index (χ0) is 18.2. The number of nitrogens with one attached hydrogen (secondary N) is 1. The summed E-state index contributed by atoms with van der Waals surface area (Å²) in [4.78, 5) is 12.1. The SMILES string of the molecule is CCc1cc(CC)c(S(=O)(=O)N2CC3CCC(=O)NC3C2)c(CC)c1. The summed E-state index contributed by atoms with van der Waals surface area (Å²) in [6.45, 7) is 7.01. The number of piperidine rings is 1. The van der Waals surface area contributed by atoms with Crippen molar-refractivity contribution in [3.05, 3.63) is 28.8 Å². The van der Waals surface area contributed by atoms with Crippen LogP contribution in [0.1, 0.15) is 50.3 Å². The van der Waals surface area contributed by atoms with Gasteiger partial charge in [0.15, 0.2) is 0 Å². The van der Waals surface area contributed by atoms with Crippen LogP contribution in [0, 0.1) is 5.92 Å². The third-order valence-electron chi connectivity index (χ3n) is 5.57. The van der Waals surface area contributed by atoms with E-state index in [4.69, 9.17) is 0 Å². The van der Waals surface area contributed by atoms with Crippen LogP contribution in [-0.2, 0) is 34.1 Å². The number of benzene rings is 1. The van der Waals surface area contributed by atoms with Gasteiger partial charge < -0.3 is 5.32 Å². The van der Waals surface area contributed by atoms with Crippen molar-refractivity contribution in [2.45, 2.75) is 63.8 Å². The Bertz CT molecular complexity index is 748. The van der Waals surface area contributed by atoms with Gasteiger partial charge >= 0.3 is 0 Å². The molecular formula is C19H28N2O3S. The lowest BCUT2D eigenvalue weighted by atomic mass is 9.94. The summed E-state index contributed by atoms with van der Waals surface area (Å²) in [6.07, 6.45) is 3.58. The molecule has 1 aromatic rings. The molecule has 2 saturated heterocycles. The molecule has 0 radical (unpaired) electrons. The van der Waals surface area contributed by atoms with Gasteiger partial charge in [-0.2, -0.15) is 4.31 Å². The molecule has 1 N–H and O–H groups in total. The second-order valence-electron chi connectivity index (χ2n) is 7.10. The lowest BCUT2D eigenvalue weighted by Gasteiger charge is -2.24. The monoisotopic (exact) mass is 364 g/mol. The normalized spacial score (nSPS) is 24.2. The molecule has 5 nitrogen and oxygen atoms in total. The van der Waals surface area contributed by atoms with Crippen LogP contribution in [0.5, 0.6) is 0 Å². The van der Waals surface area contributed by atoms with Crippen molar-refractivity contribution < 1.29 is 13.2 Å². The number of hydrogen-bond donors (Lipinski definition) is 1. The number of fused-ring (bicyclic) bond motifs is 1. The standard InChI is InChI=1S/C19H28N2O3S/c1-4-13-9-14(5-2)19(15(6-3)10-13)25(23,24)21-11-16-7-8-18(22)20-17(16)12-21/h9-10,16-17H,4-8,11-12H2,1-3H3,(H,20,22). The van der Waals surface area contributed by atoms with Crippen LogP contribution in [0.15, 0.2) is 17.0 Å². The molecule has 2 aliphatic rings. The number of carbonyl (C=O) groups excluding carboxylic acids is 1. The molecule has 2 heterocycles. The van der Waals surface area contributed by atoms with E-state index >= 15 is 0 Å². The Morgan fingerprint density at radius 2 is 1.72 bits per heavy atom. The number of sulfonamides is 1. The van der Waals surface area contributed by atoms with Crippen LogP contribution in [0.2, 0.25) is 0 Å². The maximum absolute atomic E-state index is 13.4. The molecule has 0 aliphatic carbocycles. The molecule has 3 rings (SSSR count). The van der Waals surface area contributed by atoms with Crippen LogP contribution in [0.3, 0.4) is 0 Å². The molecular weight excluding hydrogens is 336 g/mol. The first-order chi connectivity index (χ1) is 11.9. The fourth-order valence-corrected chi connectivity index (χ4v) is 6.17. The molecule has 6 heteroatoms. The fraction of sp³-hybridized carbons (Fsp3) is 0.632. The molecule has 25 heavy (non-hydrogen) atoms. The topological polar surface area (TPSA) is 66.5 Å². The quantitative estimate of drug-likeness (QED) is 0.872. The summed E-state index contributed by atoms with van der Waals surface area (Å²) in [6, 6.07) is 4.04.